The van der Waals surface area contributed by atoms with Gasteiger partial charge < -0.3 is 19.7 Å². The van der Waals surface area contributed by atoms with Gasteiger partial charge in [0, 0.05) is 37.4 Å². The predicted octanol–water partition coefficient (Wildman–Crippen LogP) is -0.0687. The van der Waals surface area contributed by atoms with Crippen molar-refractivity contribution in [3.05, 3.63) is 17.0 Å². The van der Waals surface area contributed by atoms with Gasteiger partial charge in [0.15, 0.2) is 5.69 Å². The fraction of sp³-hybridized carbons (Fsp3) is 0.714. The van der Waals surface area contributed by atoms with Crippen molar-refractivity contribution in [1.82, 2.24) is 20.4 Å². The second kappa shape index (κ2) is 6.13. The Morgan fingerprint density at radius 1 is 1.57 bits per heavy atom. The summed E-state index contributed by atoms with van der Waals surface area (Å²) in [5.74, 6) is -0.150. The number of ether oxygens (including phenoxy) is 2. The normalized spacial score (nSPS) is 25.8. The summed E-state index contributed by atoms with van der Waals surface area (Å²) in [6.45, 7) is 5.31. The topological polar surface area (TPSA) is 79.5 Å². The van der Waals surface area contributed by atoms with Crippen LogP contribution in [-0.2, 0) is 22.4 Å². The van der Waals surface area contributed by atoms with Gasteiger partial charge >= 0.3 is 0 Å². The largest absolute Gasteiger partial charge is 0.376 e. The van der Waals surface area contributed by atoms with E-state index in [0.29, 0.717) is 25.5 Å². The van der Waals surface area contributed by atoms with E-state index in [1.165, 1.54) is 0 Å². The van der Waals surface area contributed by atoms with Crippen LogP contribution in [0, 0.1) is 0 Å². The molecule has 2 aliphatic rings. The summed E-state index contributed by atoms with van der Waals surface area (Å²) >= 11 is 0. The highest BCUT2D eigenvalue weighted by molar-refractivity contribution is 5.94. The molecular formula is C14H22N4O3. The van der Waals surface area contributed by atoms with Crippen LogP contribution in [-0.4, -0.2) is 66.6 Å². The monoisotopic (exact) mass is 294 g/mol. The number of carbonyl (C=O) groups is 1. The van der Waals surface area contributed by atoms with E-state index in [1.54, 1.807) is 0 Å². The molecular weight excluding hydrogens is 272 g/mol. The van der Waals surface area contributed by atoms with Crippen LogP contribution in [0.4, 0.5) is 0 Å². The Morgan fingerprint density at radius 3 is 3.24 bits per heavy atom. The van der Waals surface area contributed by atoms with Crippen molar-refractivity contribution in [1.29, 1.82) is 0 Å². The van der Waals surface area contributed by atoms with Crippen LogP contribution in [0.3, 0.4) is 0 Å². The van der Waals surface area contributed by atoms with Gasteiger partial charge in [0.25, 0.3) is 5.91 Å². The van der Waals surface area contributed by atoms with E-state index in [1.807, 2.05) is 14.0 Å². The molecule has 1 fully saturated rings. The molecule has 1 aromatic rings. The van der Waals surface area contributed by atoms with Crippen molar-refractivity contribution >= 4 is 5.91 Å². The third kappa shape index (κ3) is 2.95. The smallest absolute Gasteiger partial charge is 0.272 e. The van der Waals surface area contributed by atoms with Gasteiger partial charge in [-0.05, 0) is 14.0 Å². The van der Waals surface area contributed by atoms with Crippen molar-refractivity contribution in [2.45, 2.75) is 32.0 Å². The molecule has 0 spiro atoms. The van der Waals surface area contributed by atoms with Crippen molar-refractivity contribution in [2.75, 3.05) is 33.4 Å². The molecule has 0 bridgehead atoms. The summed E-state index contributed by atoms with van der Waals surface area (Å²) in [5, 5.41) is 10.2. The number of likely N-dealkylation sites (N-methyl/N-ethyl adjacent to an activating group) is 1. The maximum absolute atomic E-state index is 12.5. The number of aromatic amines is 1. The Morgan fingerprint density at radius 2 is 2.43 bits per heavy atom. The minimum Gasteiger partial charge on any atom is -0.376 e. The summed E-state index contributed by atoms with van der Waals surface area (Å²) in [6, 6.07) is -0.105. The van der Waals surface area contributed by atoms with Gasteiger partial charge in [-0.25, -0.2) is 0 Å². The Bertz CT molecular complexity index is 516. The van der Waals surface area contributed by atoms with Crippen LogP contribution >= 0.6 is 0 Å². The lowest BCUT2D eigenvalue weighted by atomic mass is 10.1. The molecule has 7 nitrogen and oxygen atoms in total. The highest BCUT2D eigenvalue weighted by Gasteiger charge is 2.32. The lowest BCUT2D eigenvalue weighted by molar-refractivity contribution is 0.0401. The molecule has 0 saturated carbocycles. The van der Waals surface area contributed by atoms with Gasteiger partial charge in [0.05, 0.1) is 19.3 Å². The number of nitrogens with one attached hydrogen (secondary N) is 2. The Hall–Kier alpha value is -1.44. The minimum absolute atomic E-state index is 0.0728. The number of nitrogens with zero attached hydrogens (tertiary/aromatic N) is 2. The van der Waals surface area contributed by atoms with Gasteiger partial charge in [0.2, 0.25) is 0 Å². The molecule has 3 heterocycles. The lowest BCUT2D eigenvalue weighted by Crippen LogP contribution is -2.44. The number of aromatic nitrogens is 2. The molecule has 0 radical (unpaired) electrons. The molecule has 2 atom stereocenters. The van der Waals surface area contributed by atoms with Crippen molar-refractivity contribution < 1.29 is 14.3 Å². The van der Waals surface area contributed by atoms with Crippen LogP contribution in [0.2, 0.25) is 0 Å². The molecule has 2 N–H and O–H groups in total. The summed E-state index contributed by atoms with van der Waals surface area (Å²) in [4.78, 5) is 14.7. The number of amides is 1. The van der Waals surface area contributed by atoms with Gasteiger partial charge in [0.1, 0.15) is 6.10 Å². The lowest BCUT2D eigenvalue weighted by Gasteiger charge is -2.23. The maximum atomic E-state index is 12.5. The zero-order valence-corrected chi connectivity index (χ0v) is 12.5. The molecule has 1 saturated heterocycles. The molecule has 116 valence electrons. The minimum atomic E-state index is -0.150. The Labute approximate surface area is 124 Å². The molecule has 3 rings (SSSR count). The second-order valence-electron chi connectivity index (χ2n) is 5.63. The first-order chi connectivity index (χ1) is 10.2. The van der Waals surface area contributed by atoms with Crippen LogP contribution in [0.15, 0.2) is 0 Å². The van der Waals surface area contributed by atoms with E-state index in [9.17, 15) is 4.79 Å². The molecule has 0 unspecified atom stereocenters. The highest BCUT2D eigenvalue weighted by atomic mass is 16.5. The number of fused-ring (bicyclic) bond motifs is 1. The molecule has 0 aromatic carbocycles. The SMILES string of the molecule is CCO[C@@H]1COC[C@H]1NC(=O)c1n[nH]c2c1CN(C)CC2. The zero-order chi connectivity index (χ0) is 14.8. The van der Waals surface area contributed by atoms with Gasteiger partial charge in [-0.3, -0.25) is 9.89 Å². The first-order valence-electron chi connectivity index (χ1n) is 7.44. The van der Waals surface area contributed by atoms with Gasteiger partial charge in [-0.1, -0.05) is 0 Å². The van der Waals surface area contributed by atoms with Crippen molar-refractivity contribution in [2.24, 2.45) is 0 Å². The third-order valence-corrected chi connectivity index (χ3v) is 4.06. The number of hydrogen-bond donors (Lipinski definition) is 2. The molecule has 0 aliphatic carbocycles. The Balaban J connectivity index is 1.70. The standard InChI is InChI=1S/C14H22N4O3/c1-3-21-12-8-20-7-11(12)15-14(19)13-9-6-18(2)5-4-10(9)16-17-13/h11-12H,3-8H2,1-2H3,(H,15,19)(H,16,17)/t11-,12-/m1/s1. The van der Waals surface area contributed by atoms with Crippen LogP contribution in [0.25, 0.3) is 0 Å². The number of rotatable bonds is 4. The summed E-state index contributed by atoms with van der Waals surface area (Å²) in [7, 11) is 2.05. The predicted molar refractivity (Wildman–Crippen MR) is 76.1 cm³/mol. The van der Waals surface area contributed by atoms with Gasteiger partial charge in [-0.2, -0.15) is 5.10 Å². The molecule has 21 heavy (non-hydrogen) atoms. The second-order valence-corrected chi connectivity index (χ2v) is 5.63. The summed E-state index contributed by atoms with van der Waals surface area (Å²) in [5.41, 5.74) is 2.58. The number of hydrogen-bond acceptors (Lipinski definition) is 5. The average molecular weight is 294 g/mol. The van der Waals surface area contributed by atoms with Gasteiger partial charge in [-0.15, -0.1) is 0 Å². The number of H-pyrrole nitrogens is 1. The fourth-order valence-corrected chi connectivity index (χ4v) is 2.90. The maximum Gasteiger partial charge on any atom is 0.272 e. The summed E-state index contributed by atoms with van der Waals surface area (Å²) in [6.07, 6.45) is 0.830. The van der Waals surface area contributed by atoms with Crippen molar-refractivity contribution in [3.63, 3.8) is 0 Å². The molecule has 1 aromatic heterocycles. The van der Waals surface area contributed by atoms with E-state index in [-0.39, 0.29) is 18.1 Å². The third-order valence-electron chi connectivity index (χ3n) is 4.06. The van der Waals surface area contributed by atoms with E-state index in [0.717, 1.165) is 30.8 Å². The first-order valence-corrected chi connectivity index (χ1v) is 7.44. The van der Waals surface area contributed by atoms with Crippen LogP contribution in [0.1, 0.15) is 28.7 Å². The number of carbonyl (C=O) groups excluding carboxylic acids is 1. The molecule has 7 heteroatoms. The Kier molecular flexibility index (Phi) is 4.23. The average Bonchev–Trinajstić information content (AvgIpc) is 3.06. The van der Waals surface area contributed by atoms with E-state index in [4.69, 9.17) is 9.47 Å². The van der Waals surface area contributed by atoms with E-state index < -0.39 is 0 Å². The first kappa shape index (κ1) is 14.5. The zero-order valence-electron chi connectivity index (χ0n) is 12.5. The highest BCUT2D eigenvalue weighted by Crippen LogP contribution is 2.20. The fourth-order valence-electron chi connectivity index (χ4n) is 2.90. The molecule has 2 aliphatic heterocycles. The quantitative estimate of drug-likeness (QED) is 0.813. The van der Waals surface area contributed by atoms with E-state index in [2.05, 4.69) is 20.4 Å². The van der Waals surface area contributed by atoms with Crippen LogP contribution in [0.5, 0.6) is 0 Å². The molecule has 1 amide bonds. The van der Waals surface area contributed by atoms with Crippen LogP contribution < -0.4 is 5.32 Å². The van der Waals surface area contributed by atoms with E-state index >= 15 is 0 Å². The van der Waals surface area contributed by atoms with Crippen molar-refractivity contribution in [3.8, 4) is 0 Å². The summed E-state index contributed by atoms with van der Waals surface area (Å²) < 4.78 is 11.0.